The molecule has 0 radical (unpaired) electrons. The zero-order chi connectivity index (χ0) is 24.2. The van der Waals surface area contributed by atoms with Crippen LogP contribution in [-0.2, 0) is 21.9 Å². The van der Waals surface area contributed by atoms with Crippen LogP contribution < -0.4 is 14.8 Å². The van der Waals surface area contributed by atoms with E-state index in [1.54, 1.807) is 54.1 Å². The number of carbonyl (C=O) groups is 1. The van der Waals surface area contributed by atoms with E-state index in [4.69, 9.17) is 4.74 Å². The molecule has 0 unspecified atom stereocenters. The number of hydrogen-bond donors (Lipinski definition) is 2. The molecule has 3 rings (SSSR count). The summed E-state index contributed by atoms with van der Waals surface area (Å²) in [7, 11) is -2.02. The Labute approximate surface area is 194 Å². The van der Waals surface area contributed by atoms with E-state index < -0.39 is 10.0 Å². The fourth-order valence-corrected chi connectivity index (χ4v) is 4.67. The summed E-state index contributed by atoms with van der Waals surface area (Å²) in [5, 5.41) is 7.04. The van der Waals surface area contributed by atoms with Gasteiger partial charge in [0, 0.05) is 35.8 Å². The standard InChI is InChI=1S/C24H28N4O4S/c1-6-32-21-11-9-19(10-12-21)27-33(30,31)23-15-20(8-7-16(23)2)25-24(29)14-13-22-17(3)26-28(5)18(22)4/h7-15,27H,6H2,1-5H3,(H,25,29)/b14-13+. The van der Waals surface area contributed by atoms with E-state index in [1.165, 1.54) is 12.1 Å². The number of benzene rings is 2. The summed E-state index contributed by atoms with van der Waals surface area (Å²) in [4.78, 5) is 12.5. The number of ether oxygens (including phenoxy) is 1. The third-order valence-electron chi connectivity index (χ3n) is 5.13. The molecule has 1 aromatic heterocycles. The molecule has 0 atom stereocenters. The fourth-order valence-electron chi connectivity index (χ4n) is 3.34. The number of rotatable bonds is 8. The highest BCUT2D eigenvalue weighted by Crippen LogP contribution is 2.24. The van der Waals surface area contributed by atoms with Crippen LogP contribution in [0.5, 0.6) is 5.75 Å². The first kappa shape index (κ1) is 24.1. The van der Waals surface area contributed by atoms with E-state index in [0.29, 0.717) is 29.3 Å². The molecule has 1 amide bonds. The Bertz CT molecular complexity index is 1290. The van der Waals surface area contributed by atoms with Crippen molar-refractivity contribution >= 4 is 33.4 Å². The van der Waals surface area contributed by atoms with Gasteiger partial charge in [-0.25, -0.2) is 8.42 Å². The fraction of sp³-hybridized carbons (Fsp3) is 0.250. The molecule has 1 heterocycles. The minimum absolute atomic E-state index is 0.0807. The van der Waals surface area contributed by atoms with Gasteiger partial charge in [-0.3, -0.25) is 14.2 Å². The highest BCUT2D eigenvalue weighted by molar-refractivity contribution is 7.92. The summed E-state index contributed by atoms with van der Waals surface area (Å²) < 4.78 is 35.7. The van der Waals surface area contributed by atoms with Gasteiger partial charge in [-0.05, 0) is 75.7 Å². The molecule has 8 nitrogen and oxygen atoms in total. The Kier molecular flexibility index (Phi) is 7.23. The lowest BCUT2D eigenvalue weighted by molar-refractivity contribution is -0.111. The molecule has 0 fully saturated rings. The number of nitrogens with one attached hydrogen (secondary N) is 2. The first-order valence-electron chi connectivity index (χ1n) is 10.5. The van der Waals surface area contributed by atoms with Crippen LogP contribution in [0.4, 0.5) is 11.4 Å². The monoisotopic (exact) mass is 468 g/mol. The molecule has 0 saturated carbocycles. The van der Waals surface area contributed by atoms with Crippen molar-refractivity contribution < 1.29 is 17.9 Å². The third-order valence-corrected chi connectivity index (χ3v) is 6.65. The lowest BCUT2D eigenvalue weighted by Crippen LogP contribution is -2.15. The second-order valence-electron chi connectivity index (χ2n) is 7.57. The SMILES string of the molecule is CCOc1ccc(NS(=O)(=O)c2cc(NC(=O)/C=C/c3c(C)nn(C)c3C)ccc2C)cc1. The summed E-state index contributed by atoms with van der Waals surface area (Å²) in [5.41, 5.74) is 3.99. The summed E-state index contributed by atoms with van der Waals surface area (Å²) in [6.45, 7) is 7.90. The van der Waals surface area contributed by atoms with Crippen molar-refractivity contribution in [2.24, 2.45) is 7.05 Å². The molecule has 0 saturated heterocycles. The van der Waals surface area contributed by atoms with Crippen LogP contribution in [0.15, 0.2) is 53.4 Å². The van der Waals surface area contributed by atoms with Gasteiger partial charge in [0.2, 0.25) is 5.91 Å². The Hall–Kier alpha value is -3.59. The van der Waals surface area contributed by atoms with Crippen molar-refractivity contribution in [1.29, 1.82) is 0 Å². The first-order chi connectivity index (χ1) is 15.6. The number of aromatic nitrogens is 2. The smallest absolute Gasteiger partial charge is 0.262 e. The van der Waals surface area contributed by atoms with E-state index in [9.17, 15) is 13.2 Å². The number of amides is 1. The zero-order valence-corrected chi connectivity index (χ0v) is 20.2. The van der Waals surface area contributed by atoms with Crippen LogP contribution in [0.25, 0.3) is 6.08 Å². The van der Waals surface area contributed by atoms with E-state index >= 15 is 0 Å². The minimum Gasteiger partial charge on any atom is -0.494 e. The molecule has 0 aliphatic carbocycles. The van der Waals surface area contributed by atoms with Gasteiger partial charge >= 0.3 is 0 Å². The van der Waals surface area contributed by atoms with Gasteiger partial charge in [0.25, 0.3) is 10.0 Å². The van der Waals surface area contributed by atoms with E-state index in [-0.39, 0.29) is 10.8 Å². The molecule has 9 heteroatoms. The summed E-state index contributed by atoms with van der Waals surface area (Å²) in [6.07, 6.45) is 3.11. The maximum atomic E-state index is 13.0. The minimum atomic E-state index is -3.86. The van der Waals surface area contributed by atoms with Gasteiger partial charge in [-0.15, -0.1) is 0 Å². The van der Waals surface area contributed by atoms with Gasteiger partial charge in [0.05, 0.1) is 17.2 Å². The Morgan fingerprint density at radius 3 is 2.36 bits per heavy atom. The lowest BCUT2D eigenvalue weighted by Gasteiger charge is -2.13. The number of carbonyl (C=O) groups excluding carboxylic acids is 1. The van der Waals surface area contributed by atoms with Crippen molar-refractivity contribution in [3.8, 4) is 5.75 Å². The van der Waals surface area contributed by atoms with Crippen molar-refractivity contribution in [3.63, 3.8) is 0 Å². The predicted molar refractivity (Wildman–Crippen MR) is 130 cm³/mol. The van der Waals surface area contributed by atoms with Gasteiger partial charge in [0.15, 0.2) is 0 Å². The van der Waals surface area contributed by atoms with E-state index in [0.717, 1.165) is 17.0 Å². The number of nitrogens with zero attached hydrogens (tertiary/aromatic N) is 2. The number of sulfonamides is 1. The van der Waals surface area contributed by atoms with Gasteiger partial charge in [0.1, 0.15) is 5.75 Å². The molecule has 0 aliphatic rings. The number of aryl methyl sites for hydroxylation is 3. The highest BCUT2D eigenvalue weighted by atomic mass is 32.2. The van der Waals surface area contributed by atoms with Crippen molar-refractivity contribution in [3.05, 3.63) is 71.1 Å². The average Bonchev–Trinajstić information content (AvgIpc) is 3.00. The average molecular weight is 469 g/mol. The molecule has 2 aromatic carbocycles. The summed E-state index contributed by atoms with van der Waals surface area (Å²) in [5.74, 6) is 0.287. The molecule has 33 heavy (non-hydrogen) atoms. The normalized spacial score (nSPS) is 11.5. The maximum Gasteiger partial charge on any atom is 0.262 e. The van der Waals surface area contributed by atoms with Gasteiger partial charge in [-0.2, -0.15) is 5.10 Å². The Morgan fingerprint density at radius 1 is 1.09 bits per heavy atom. The molecule has 0 aliphatic heterocycles. The zero-order valence-electron chi connectivity index (χ0n) is 19.3. The predicted octanol–water partition coefficient (Wildman–Crippen LogP) is 4.20. The van der Waals surface area contributed by atoms with Crippen molar-refractivity contribution in [2.45, 2.75) is 32.6 Å². The quantitative estimate of drug-likeness (QED) is 0.483. The van der Waals surface area contributed by atoms with Crippen molar-refractivity contribution in [1.82, 2.24) is 9.78 Å². The third kappa shape index (κ3) is 5.81. The van der Waals surface area contributed by atoms with Crippen LogP contribution >= 0.6 is 0 Å². The van der Waals surface area contributed by atoms with Crippen molar-refractivity contribution in [2.75, 3.05) is 16.6 Å². The maximum absolute atomic E-state index is 13.0. The second kappa shape index (κ2) is 9.91. The molecular weight excluding hydrogens is 440 g/mol. The molecule has 0 bridgehead atoms. The molecule has 2 N–H and O–H groups in total. The Morgan fingerprint density at radius 2 is 1.76 bits per heavy atom. The van der Waals surface area contributed by atoms with Crippen LogP contribution in [0, 0.1) is 20.8 Å². The Balaban J connectivity index is 1.76. The van der Waals surface area contributed by atoms with Gasteiger partial charge < -0.3 is 10.1 Å². The highest BCUT2D eigenvalue weighted by Gasteiger charge is 2.18. The molecular formula is C24H28N4O4S. The largest absolute Gasteiger partial charge is 0.494 e. The lowest BCUT2D eigenvalue weighted by atomic mass is 10.2. The van der Waals surface area contributed by atoms with E-state index in [1.807, 2.05) is 27.8 Å². The number of anilines is 2. The van der Waals surface area contributed by atoms with Gasteiger partial charge in [-0.1, -0.05) is 6.07 Å². The first-order valence-corrected chi connectivity index (χ1v) is 11.9. The van der Waals surface area contributed by atoms with E-state index in [2.05, 4.69) is 15.1 Å². The van der Waals surface area contributed by atoms with Crippen LogP contribution in [0.2, 0.25) is 0 Å². The topological polar surface area (TPSA) is 102 Å². The molecule has 0 spiro atoms. The summed E-state index contributed by atoms with van der Waals surface area (Å²) >= 11 is 0. The summed E-state index contributed by atoms with van der Waals surface area (Å²) in [6, 6.07) is 11.4. The molecule has 174 valence electrons. The van der Waals surface area contributed by atoms with Crippen LogP contribution in [0.3, 0.4) is 0 Å². The van der Waals surface area contributed by atoms with Crippen LogP contribution in [-0.4, -0.2) is 30.7 Å². The molecule has 3 aromatic rings. The second-order valence-corrected chi connectivity index (χ2v) is 9.22. The van der Waals surface area contributed by atoms with Crippen LogP contribution in [0.1, 0.15) is 29.4 Å². The number of hydrogen-bond acceptors (Lipinski definition) is 5.